The monoisotopic (exact) mass is 232 g/mol. The fourth-order valence-corrected chi connectivity index (χ4v) is 2.22. The second-order valence-corrected chi connectivity index (χ2v) is 4.21. The van der Waals surface area contributed by atoms with E-state index in [0.717, 1.165) is 44.1 Å². The standard InChI is InChI=1S/C11H16N6/c12-11-14-9-3-1-4-10(17(9)15-11)16-7-2-5-13-6-8-16/h1,3-4,13H,2,5-8H2,(H2,12,15). The Kier molecular flexibility index (Phi) is 2.56. The third kappa shape index (κ3) is 1.91. The van der Waals surface area contributed by atoms with E-state index in [1.54, 1.807) is 0 Å². The Hall–Kier alpha value is -1.82. The van der Waals surface area contributed by atoms with E-state index in [-0.39, 0.29) is 0 Å². The molecule has 17 heavy (non-hydrogen) atoms. The summed E-state index contributed by atoms with van der Waals surface area (Å²) in [6.45, 7) is 4.09. The number of pyridine rings is 1. The molecular formula is C11H16N6. The van der Waals surface area contributed by atoms with Gasteiger partial charge in [0.1, 0.15) is 5.82 Å². The van der Waals surface area contributed by atoms with E-state index in [9.17, 15) is 0 Å². The summed E-state index contributed by atoms with van der Waals surface area (Å²) >= 11 is 0. The summed E-state index contributed by atoms with van der Waals surface area (Å²) in [6, 6.07) is 5.98. The van der Waals surface area contributed by atoms with Crippen molar-refractivity contribution in [2.75, 3.05) is 36.8 Å². The second kappa shape index (κ2) is 4.21. The van der Waals surface area contributed by atoms with Crippen molar-refractivity contribution in [3.8, 4) is 0 Å². The maximum Gasteiger partial charge on any atom is 0.240 e. The van der Waals surface area contributed by atoms with Crippen LogP contribution in [-0.4, -0.2) is 40.8 Å². The predicted octanol–water partition coefficient (Wildman–Crippen LogP) is 0.111. The minimum atomic E-state index is 0.324. The van der Waals surface area contributed by atoms with Gasteiger partial charge in [0, 0.05) is 19.6 Å². The fourth-order valence-electron chi connectivity index (χ4n) is 2.22. The van der Waals surface area contributed by atoms with Crippen molar-refractivity contribution < 1.29 is 0 Å². The zero-order valence-corrected chi connectivity index (χ0v) is 9.63. The summed E-state index contributed by atoms with van der Waals surface area (Å²) in [5.74, 6) is 1.39. The Morgan fingerprint density at radius 3 is 3.12 bits per heavy atom. The van der Waals surface area contributed by atoms with Gasteiger partial charge in [0.2, 0.25) is 5.95 Å². The summed E-state index contributed by atoms with van der Waals surface area (Å²) in [4.78, 5) is 6.50. The molecule has 0 atom stereocenters. The van der Waals surface area contributed by atoms with E-state index in [4.69, 9.17) is 5.73 Å². The van der Waals surface area contributed by atoms with Gasteiger partial charge in [-0.1, -0.05) is 6.07 Å². The molecule has 0 unspecified atom stereocenters. The van der Waals surface area contributed by atoms with Crippen LogP contribution in [0.1, 0.15) is 6.42 Å². The van der Waals surface area contributed by atoms with Crippen molar-refractivity contribution in [3.63, 3.8) is 0 Å². The highest BCUT2D eigenvalue weighted by Crippen LogP contribution is 2.17. The van der Waals surface area contributed by atoms with Gasteiger partial charge in [-0.25, -0.2) is 0 Å². The largest absolute Gasteiger partial charge is 0.366 e. The first kappa shape index (κ1) is 10.3. The van der Waals surface area contributed by atoms with Crippen molar-refractivity contribution in [2.45, 2.75) is 6.42 Å². The molecule has 1 aliphatic rings. The normalized spacial score (nSPS) is 17.3. The van der Waals surface area contributed by atoms with Crippen molar-refractivity contribution in [2.24, 2.45) is 0 Å². The van der Waals surface area contributed by atoms with E-state index in [2.05, 4.69) is 26.4 Å². The molecule has 3 heterocycles. The summed E-state index contributed by atoms with van der Waals surface area (Å²) in [5, 5.41) is 7.63. The molecule has 1 saturated heterocycles. The lowest BCUT2D eigenvalue weighted by molar-refractivity contribution is 0.724. The SMILES string of the molecule is Nc1nc2cccc(N3CCCNCC3)n2n1. The number of nitrogens with two attached hydrogens (primary N) is 1. The van der Waals surface area contributed by atoms with Crippen LogP contribution in [-0.2, 0) is 0 Å². The van der Waals surface area contributed by atoms with Crippen LogP contribution in [0, 0.1) is 0 Å². The van der Waals surface area contributed by atoms with Gasteiger partial charge in [0.25, 0.3) is 0 Å². The van der Waals surface area contributed by atoms with E-state index >= 15 is 0 Å². The Morgan fingerprint density at radius 2 is 2.18 bits per heavy atom. The molecule has 1 aliphatic heterocycles. The van der Waals surface area contributed by atoms with Crippen LogP contribution in [0.25, 0.3) is 5.65 Å². The molecule has 0 amide bonds. The highest BCUT2D eigenvalue weighted by molar-refractivity contribution is 5.52. The average molecular weight is 232 g/mol. The minimum absolute atomic E-state index is 0.324. The van der Waals surface area contributed by atoms with Gasteiger partial charge in [-0.15, -0.1) is 5.10 Å². The van der Waals surface area contributed by atoms with Crippen LogP contribution in [0.2, 0.25) is 0 Å². The fraction of sp³-hybridized carbons (Fsp3) is 0.455. The number of hydrogen-bond donors (Lipinski definition) is 2. The van der Waals surface area contributed by atoms with Crippen molar-refractivity contribution in [1.82, 2.24) is 19.9 Å². The molecule has 0 aliphatic carbocycles. The van der Waals surface area contributed by atoms with Crippen LogP contribution < -0.4 is 16.0 Å². The molecular weight excluding hydrogens is 216 g/mol. The van der Waals surface area contributed by atoms with E-state index in [0.29, 0.717) is 5.95 Å². The number of nitrogens with one attached hydrogen (secondary N) is 1. The highest BCUT2D eigenvalue weighted by Gasteiger charge is 2.13. The Balaban J connectivity index is 2.03. The maximum atomic E-state index is 5.65. The number of fused-ring (bicyclic) bond motifs is 1. The first-order chi connectivity index (χ1) is 8.34. The first-order valence-corrected chi connectivity index (χ1v) is 5.91. The van der Waals surface area contributed by atoms with Crippen LogP contribution in [0.4, 0.5) is 11.8 Å². The number of nitrogen functional groups attached to an aromatic ring is 1. The molecule has 0 aromatic carbocycles. The lowest BCUT2D eigenvalue weighted by Gasteiger charge is -2.22. The van der Waals surface area contributed by atoms with E-state index < -0.39 is 0 Å². The molecule has 0 radical (unpaired) electrons. The molecule has 6 nitrogen and oxygen atoms in total. The molecule has 1 fully saturated rings. The Bertz CT molecular complexity index is 512. The van der Waals surface area contributed by atoms with Crippen LogP contribution in [0.3, 0.4) is 0 Å². The Morgan fingerprint density at radius 1 is 1.24 bits per heavy atom. The quantitative estimate of drug-likeness (QED) is 0.730. The zero-order chi connectivity index (χ0) is 11.7. The molecule has 0 bridgehead atoms. The van der Waals surface area contributed by atoms with Crippen LogP contribution in [0.15, 0.2) is 18.2 Å². The summed E-state index contributed by atoms with van der Waals surface area (Å²) in [6.07, 6.45) is 1.14. The number of nitrogens with zero attached hydrogens (tertiary/aromatic N) is 4. The Labute approximate surface area is 99.4 Å². The molecule has 0 spiro atoms. The summed E-state index contributed by atoms with van der Waals surface area (Å²) in [5.41, 5.74) is 6.45. The number of rotatable bonds is 1. The maximum absolute atomic E-state index is 5.65. The predicted molar refractivity (Wildman–Crippen MR) is 67.1 cm³/mol. The number of hydrogen-bond acceptors (Lipinski definition) is 5. The van der Waals surface area contributed by atoms with Crippen molar-refractivity contribution >= 4 is 17.4 Å². The topological polar surface area (TPSA) is 71.5 Å². The second-order valence-electron chi connectivity index (χ2n) is 4.21. The smallest absolute Gasteiger partial charge is 0.240 e. The average Bonchev–Trinajstić information content (AvgIpc) is 2.55. The van der Waals surface area contributed by atoms with Crippen molar-refractivity contribution in [3.05, 3.63) is 18.2 Å². The van der Waals surface area contributed by atoms with Gasteiger partial charge in [-0.2, -0.15) is 9.50 Å². The molecule has 2 aromatic rings. The number of anilines is 2. The van der Waals surface area contributed by atoms with Gasteiger partial charge < -0.3 is 16.0 Å². The molecule has 90 valence electrons. The number of aromatic nitrogens is 3. The third-order valence-electron chi connectivity index (χ3n) is 3.02. The van der Waals surface area contributed by atoms with Gasteiger partial charge in [-0.3, -0.25) is 0 Å². The summed E-state index contributed by atoms with van der Waals surface area (Å²) < 4.78 is 1.82. The molecule has 6 heteroatoms. The van der Waals surface area contributed by atoms with Gasteiger partial charge in [-0.05, 0) is 25.1 Å². The molecule has 3 rings (SSSR count). The van der Waals surface area contributed by atoms with E-state index in [1.165, 1.54) is 0 Å². The van der Waals surface area contributed by atoms with Crippen LogP contribution >= 0.6 is 0 Å². The molecule has 3 N–H and O–H groups in total. The highest BCUT2D eigenvalue weighted by atomic mass is 15.4. The first-order valence-electron chi connectivity index (χ1n) is 5.91. The van der Waals surface area contributed by atoms with Crippen molar-refractivity contribution in [1.29, 1.82) is 0 Å². The van der Waals surface area contributed by atoms with E-state index in [1.807, 2.05) is 16.6 Å². The lowest BCUT2D eigenvalue weighted by Crippen LogP contribution is -2.29. The summed E-state index contributed by atoms with van der Waals surface area (Å²) in [7, 11) is 0. The molecule has 0 saturated carbocycles. The third-order valence-corrected chi connectivity index (χ3v) is 3.02. The van der Waals surface area contributed by atoms with Crippen LogP contribution in [0.5, 0.6) is 0 Å². The molecule has 2 aromatic heterocycles. The lowest BCUT2D eigenvalue weighted by atomic mass is 10.3. The minimum Gasteiger partial charge on any atom is -0.366 e. The van der Waals surface area contributed by atoms with Gasteiger partial charge in [0.05, 0.1) is 0 Å². The van der Waals surface area contributed by atoms with Gasteiger partial charge >= 0.3 is 0 Å². The zero-order valence-electron chi connectivity index (χ0n) is 9.63. The van der Waals surface area contributed by atoms with Gasteiger partial charge in [0.15, 0.2) is 5.65 Å².